The third-order valence-corrected chi connectivity index (χ3v) is 7.68. The van der Waals surface area contributed by atoms with Crippen molar-refractivity contribution in [3.05, 3.63) is 22.8 Å². The van der Waals surface area contributed by atoms with Crippen molar-refractivity contribution in [3.63, 3.8) is 0 Å². The summed E-state index contributed by atoms with van der Waals surface area (Å²) in [6.45, 7) is 10.1. The van der Waals surface area contributed by atoms with Crippen LogP contribution in [0.2, 0.25) is 0 Å². The Hall–Kier alpha value is -2.19. The SMILES string of the molecule is C/C=C(\C)C(=O)O[C@@H]1C2=C(C)C(=O)O[C@@]2(O)CC23O[C@@H]2CC(OC(C)=O)[C@H](C)[C@@]13C. The van der Waals surface area contributed by atoms with E-state index in [0.717, 1.165) is 0 Å². The molecule has 2 heterocycles. The van der Waals surface area contributed by atoms with Crippen LogP contribution in [-0.4, -0.2) is 52.7 Å². The monoisotopic (exact) mass is 420 g/mol. The van der Waals surface area contributed by atoms with Gasteiger partial charge in [-0.15, -0.1) is 0 Å². The number of esters is 3. The third kappa shape index (κ3) is 2.56. The van der Waals surface area contributed by atoms with Gasteiger partial charge >= 0.3 is 17.9 Å². The fourth-order valence-electron chi connectivity index (χ4n) is 5.66. The van der Waals surface area contributed by atoms with Gasteiger partial charge < -0.3 is 24.1 Å². The van der Waals surface area contributed by atoms with E-state index in [4.69, 9.17) is 18.9 Å². The zero-order valence-electron chi connectivity index (χ0n) is 18.1. The van der Waals surface area contributed by atoms with E-state index in [2.05, 4.69) is 0 Å². The van der Waals surface area contributed by atoms with E-state index < -0.39 is 46.9 Å². The minimum atomic E-state index is -1.89. The summed E-state index contributed by atoms with van der Waals surface area (Å²) in [7, 11) is 0. The Kier molecular flexibility index (Phi) is 4.50. The molecule has 0 bridgehead atoms. The molecule has 0 radical (unpaired) electrons. The van der Waals surface area contributed by atoms with Gasteiger partial charge in [0.05, 0.1) is 11.7 Å². The number of allylic oxidation sites excluding steroid dienone is 1. The normalized spacial score (nSPS) is 44.5. The summed E-state index contributed by atoms with van der Waals surface area (Å²) in [5.41, 5.74) is -0.832. The van der Waals surface area contributed by atoms with Crippen molar-refractivity contribution in [2.75, 3.05) is 0 Å². The van der Waals surface area contributed by atoms with Gasteiger partial charge in [-0.3, -0.25) is 4.79 Å². The molecule has 1 saturated heterocycles. The van der Waals surface area contributed by atoms with E-state index in [1.807, 2.05) is 13.8 Å². The summed E-state index contributed by atoms with van der Waals surface area (Å²) in [6.07, 6.45) is 0.415. The maximum Gasteiger partial charge on any atom is 0.336 e. The summed E-state index contributed by atoms with van der Waals surface area (Å²) in [4.78, 5) is 36.8. The molecule has 0 aromatic carbocycles. The summed E-state index contributed by atoms with van der Waals surface area (Å²) < 4.78 is 23.0. The number of carbonyl (C=O) groups excluding carboxylic acids is 3. The molecule has 0 amide bonds. The summed E-state index contributed by atoms with van der Waals surface area (Å²) in [5, 5.41) is 11.3. The number of carbonyl (C=O) groups is 3. The number of rotatable bonds is 3. The van der Waals surface area contributed by atoms with Gasteiger partial charge in [0.2, 0.25) is 5.79 Å². The molecule has 2 aliphatic carbocycles. The third-order valence-electron chi connectivity index (χ3n) is 7.68. The Morgan fingerprint density at radius 3 is 2.53 bits per heavy atom. The molecular weight excluding hydrogens is 392 g/mol. The van der Waals surface area contributed by atoms with E-state index in [1.165, 1.54) is 6.92 Å². The largest absolute Gasteiger partial charge is 0.462 e. The molecule has 164 valence electrons. The van der Waals surface area contributed by atoms with Gasteiger partial charge in [0, 0.05) is 42.2 Å². The second-order valence-corrected chi connectivity index (χ2v) is 9.10. The van der Waals surface area contributed by atoms with Crippen molar-refractivity contribution in [2.24, 2.45) is 11.3 Å². The van der Waals surface area contributed by atoms with Gasteiger partial charge in [0.1, 0.15) is 17.8 Å². The zero-order chi connectivity index (χ0) is 22.2. The average molecular weight is 420 g/mol. The molecule has 7 atom stereocenters. The molecule has 2 unspecified atom stereocenters. The molecule has 30 heavy (non-hydrogen) atoms. The van der Waals surface area contributed by atoms with E-state index in [1.54, 1.807) is 26.8 Å². The predicted octanol–water partition coefficient (Wildman–Crippen LogP) is 1.95. The first-order valence-electron chi connectivity index (χ1n) is 10.3. The molecule has 0 aromatic heterocycles. The Balaban J connectivity index is 1.86. The van der Waals surface area contributed by atoms with Gasteiger partial charge in [-0.05, 0) is 20.8 Å². The van der Waals surface area contributed by atoms with Crippen molar-refractivity contribution in [1.82, 2.24) is 0 Å². The van der Waals surface area contributed by atoms with E-state index >= 15 is 0 Å². The fourth-order valence-corrected chi connectivity index (χ4v) is 5.66. The zero-order valence-corrected chi connectivity index (χ0v) is 18.1. The maximum atomic E-state index is 12.8. The van der Waals surface area contributed by atoms with Crippen LogP contribution >= 0.6 is 0 Å². The highest BCUT2D eigenvalue weighted by molar-refractivity contribution is 5.93. The summed E-state index contributed by atoms with van der Waals surface area (Å²) in [6, 6.07) is 0. The van der Waals surface area contributed by atoms with Crippen molar-refractivity contribution in [1.29, 1.82) is 0 Å². The highest BCUT2D eigenvalue weighted by atomic mass is 16.7. The van der Waals surface area contributed by atoms with Crippen LogP contribution in [0.1, 0.15) is 54.4 Å². The molecule has 4 rings (SSSR count). The number of aliphatic hydroxyl groups is 1. The minimum Gasteiger partial charge on any atom is -0.462 e. The first-order chi connectivity index (χ1) is 13.9. The first-order valence-corrected chi connectivity index (χ1v) is 10.3. The number of epoxide rings is 1. The highest BCUT2D eigenvalue weighted by Crippen LogP contribution is 2.71. The van der Waals surface area contributed by atoms with E-state index in [0.29, 0.717) is 12.0 Å². The molecule has 3 fully saturated rings. The van der Waals surface area contributed by atoms with Crippen LogP contribution in [-0.2, 0) is 33.3 Å². The van der Waals surface area contributed by atoms with Crippen molar-refractivity contribution < 1.29 is 38.4 Å². The Morgan fingerprint density at radius 2 is 1.93 bits per heavy atom. The molecule has 4 aliphatic rings. The number of fused-ring (bicyclic) bond motifs is 1. The molecule has 8 heteroatoms. The second-order valence-electron chi connectivity index (χ2n) is 9.10. The topological polar surface area (TPSA) is 112 Å². The van der Waals surface area contributed by atoms with Crippen LogP contribution < -0.4 is 0 Å². The van der Waals surface area contributed by atoms with Crippen LogP contribution in [0.25, 0.3) is 0 Å². The highest BCUT2D eigenvalue weighted by Gasteiger charge is 2.82. The lowest BCUT2D eigenvalue weighted by Gasteiger charge is -2.55. The quantitative estimate of drug-likeness (QED) is 0.319. The van der Waals surface area contributed by atoms with E-state index in [-0.39, 0.29) is 29.6 Å². The van der Waals surface area contributed by atoms with Gasteiger partial charge in [-0.25, -0.2) is 9.59 Å². The standard InChI is InChI=1S/C22H28O8/c1-7-10(2)18(24)28-17-16-11(3)19(25)30-22(16,26)9-21-15(29-21)8-14(27-13(5)23)12(4)20(17,21)6/h7,12,14-15,17,26H,8-9H2,1-6H3/b10-7+/t12-,14?,15+,17+,20-,21?,22-/m0/s1. The molecule has 0 aromatic rings. The Bertz CT molecular complexity index is 903. The molecule has 8 nitrogen and oxygen atoms in total. The maximum absolute atomic E-state index is 12.8. The van der Waals surface area contributed by atoms with Crippen molar-refractivity contribution in [3.8, 4) is 0 Å². The molecule has 1 spiro atoms. The van der Waals surface area contributed by atoms with Gasteiger partial charge in [-0.1, -0.05) is 19.9 Å². The fraction of sp³-hybridized carbons (Fsp3) is 0.682. The van der Waals surface area contributed by atoms with Gasteiger partial charge in [-0.2, -0.15) is 0 Å². The van der Waals surface area contributed by atoms with E-state index in [9.17, 15) is 19.5 Å². The molecular formula is C22H28O8. The lowest BCUT2D eigenvalue weighted by molar-refractivity contribution is -0.232. The Morgan fingerprint density at radius 1 is 1.27 bits per heavy atom. The van der Waals surface area contributed by atoms with Crippen LogP contribution in [0.5, 0.6) is 0 Å². The molecule has 1 N–H and O–H groups in total. The number of hydrogen-bond acceptors (Lipinski definition) is 8. The van der Waals surface area contributed by atoms with Crippen LogP contribution in [0, 0.1) is 11.3 Å². The van der Waals surface area contributed by atoms with Crippen LogP contribution in [0.4, 0.5) is 0 Å². The predicted molar refractivity (Wildman–Crippen MR) is 103 cm³/mol. The van der Waals surface area contributed by atoms with Gasteiger partial charge in [0.15, 0.2) is 0 Å². The van der Waals surface area contributed by atoms with Crippen molar-refractivity contribution >= 4 is 17.9 Å². The lowest BCUT2D eigenvalue weighted by atomic mass is 9.51. The summed E-state index contributed by atoms with van der Waals surface area (Å²) in [5.74, 6) is -3.76. The van der Waals surface area contributed by atoms with Crippen LogP contribution in [0.3, 0.4) is 0 Å². The second kappa shape index (κ2) is 6.40. The minimum absolute atomic E-state index is 0.0490. The average Bonchev–Trinajstić information content (AvgIpc) is 3.30. The first kappa shape index (κ1) is 21.1. The van der Waals surface area contributed by atoms with Crippen LogP contribution in [0.15, 0.2) is 22.8 Å². The smallest absolute Gasteiger partial charge is 0.336 e. The molecule has 2 aliphatic heterocycles. The van der Waals surface area contributed by atoms with Crippen molar-refractivity contribution in [2.45, 2.75) is 84.1 Å². The Labute approximate surface area is 175 Å². The van der Waals surface area contributed by atoms with Gasteiger partial charge in [0.25, 0.3) is 0 Å². The molecule has 2 saturated carbocycles. The summed E-state index contributed by atoms with van der Waals surface area (Å²) >= 11 is 0. The number of ether oxygens (including phenoxy) is 4. The number of hydrogen-bond donors (Lipinski definition) is 1. The lowest BCUT2D eigenvalue weighted by Crippen LogP contribution is -2.66.